The van der Waals surface area contributed by atoms with Crippen molar-refractivity contribution in [3.8, 4) is 0 Å². The van der Waals surface area contributed by atoms with Gasteiger partial charge in [0.2, 0.25) is 0 Å². The van der Waals surface area contributed by atoms with E-state index in [1.54, 1.807) is 12.3 Å². The van der Waals surface area contributed by atoms with E-state index >= 15 is 0 Å². The summed E-state index contributed by atoms with van der Waals surface area (Å²) < 4.78 is 0. The van der Waals surface area contributed by atoms with E-state index in [4.69, 9.17) is 11.6 Å². The van der Waals surface area contributed by atoms with Gasteiger partial charge in [-0.15, -0.1) is 0 Å². The molecule has 2 aromatic carbocycles. The molecule has 0 fully saturated rings. The minimum absolute atomic E-state index is 0.0720. The van der Waals surface area contributed by atoms with E-state index < -0.39 is 5.97 Å². The van der Waals surface area contributed by atoms with Crippen molar-refractivity contribution in [3.05, 3.63) is 58.6 Å². The summed E-state index contributed by atoms with van der Waals surface area (Å²) in [6.07, 6.45) is 1.65. The molecule has 0 bridgehead atoms. The average molecular weight is 317 g/mol. The van der Waals surface area contributed by atoms with Crippen molar-refractivity contribution in [1.29, 1.82) is 0 Å². The molecule has 0 aliphatic carbocycles. The van der Waals surface area contributed by atoms with Gasteiger partial charge in [0.05, 0.1) is 17.9 Å². The maximum absolute atomic E-state index is 10.9. The van der Waals surface area contributed by atoms with Crippen molar-refractivity contribution >= 4 is 35.2 Å². The lowest BCUT2D eigenvalue weighted by atomic mass is 10.2. The van der Waals surface area contributed by atoms with Crippen LogP contribution in [-0.4, -0.2) is 26.3 Å². The first-order valence-electron chi connectivity index (χ1n) is 6.55. The van der Waals surface area contributed by atoms with Crippen LogP contribution in [-0.2, 0) is 0 Å². The van der Waals surface area contributed by atoms with Crippen LogP contribution < -0.4 is 15.4 Å². The summed E-state index contributed by atoms with van der Waals surface area (Å²) in [7, 11) is 3.94. The zero-order chi connectivity index (χ0) is 16.1. The molecule has 0 aromatic heterocycles. The Balaban J connectivity index is 2.06. The van der Waals surface area contributed by atoms with Crippen molar-refractivity contribution < 1.29 is 9.90 Å². The number of anilines is 2. The number of halogens is 1. The van der Waals surface area contributed by atoms with Gasteiger partial charge < -0.3 is 14.8 Å². The molecule has 0 heterocycles. The second-order valence-corrected chi connectivity index (χ2v) is 5.25. The maximum Gasteiger partial charge on any atom is 0.0731 e. The minimum Gasteiger partial charge on any atom is -0.545 e. The molecular formula is C16H15ClN3O2-. The Morgan fingerprint density at radius 1 is 1.23 bits per heavy atom. The number of hydrogen-bond donors (Lipinski definition) is 1. The smallest absolute Gasteiger partial charge is 0.0731 e. The number of aromatic carboxylic acids is 1. The Hall–Kier alpha value is -2.53. The maximum atomic E-state index is 10.9. The molecule has 22 heavy (non-hydrogen) atoms. The lowest BCUT2D eigenvalue weighted by Gasteiger charge is -2.11. The van der Waals surface area contributed by atoms with Crippen molar-refractivity contribution in [3.63, 3.8) is 0 Å². The highest BCUT2D eigenvalue weighted by atomic mass is 35.5. The largest absolute Gasteiger partial charge is 0.545 e. The number of carboxylic acid groups (broad SMARTS) is 1. The molecule has 0 radical (unpaired) electrons. The van der Waals surface area contributed by atoms with Gasteiger partial charge in [-0.25, -0.2) is 0 Å². The van der Waals surface area contributed by atoms with Crippen LogP contribution in [0.1, 0.15) is 15.9 Å². The van der Waals surface area contributed by atoms with E-state index in [1.165, 1.54) is 12.1 Å². The van der Waals surface area contributed by atoms with Gasteiger partial charge in [0, 0.05) is 30.4 Å². The van der Waals surface area contributed by atoms with Gasteiger partial charge in [-0.3, -0.25) is 5.43 Å². The molecule has 0 aliphatic rings. The molecule has 0 spiro atoms. The zero-order valence-corrected chi connectivity index (χ0v) is 13.0. The third-order valence-corrected chi connectivity index (χ3v) is 3.33. The predicted molar refractivity (Wildman–Crippen MR) is 87.8 cm³/mol. The Morgan fingerprint density at radius 2 is 1.91 bits per heavy atom. The standard InChI is InChI=1S/C16H16ClN3O2/c1-20(2)13-6-3-11(4-7-13)10-18-19-12-5-8-15(17)14(9-12)16(21)22/h3-10,19H,1-2H3,(H,21,22)/p-1/b18-10-. The number of hydrazone groups is 1. The van der Waals surface area contributed by atoms with Gasteiger partial charge in [-0.05, 0) is 35.9 Å². The fourth-order valence-electron chi connectivity index (χ4n) is 1.79. The predicted octanol–water partition coefficient (Wildman–Crippen LogP) is 2.22. The van der Waals surface area contributed by atoms with Crippen LogP contribution in [0.2, 0.25) is 5.02 Å². The number of rotatable bonds is 5. The number of benzene rings is 2. The van der Waals surface area contributed by atoms with Crippen molar-refractivity contribution in [2.45, 2.75) is 0 Å². The normalized spacial score (nSPS) is 10.7. The Morgan fingerprint density at radius 3 is 2.50 bits per heavy atom. The number of carbonyl (C=O) groups is 1. The van der Waals surface area contributed by atoms with E-state index in [0.717, 1.165) is 11.3 Å². The zero-order valence-electron chi connectivity index (χ0n) is 12.2. The fourth-order valence-corrected chi connectivity index (χ4v) is 1.99. The van der Waals surface area contributed by atoms with Gasteiger partial charge >= 0.3 is 0 Å². The summed E-state index contributed by atoms with van der Waals surface area (Å²) in [6, 6.07) is 12.3. The molecule has 0 atom stereocenters. The van der Waals surface area contributed by atoms with Crippen molar-refractivity contribution in [2.24, 2.45) is 5.10 Å². The minimum atomic E-state index is -1.32. The lowest BCUT2D eigenvalue weighted by molar-refractivity contribution is -0.255. The van der Waals surface area contributed by atoms with Gasteiger partial charge in [0.15, 0.2) is 0 Å². The summed E-state index contributed by atoms with van der Waals surface area (Å²) >= 11 is 5.77. The Labute approximate surface area is 133 Å². The Kier molecular flexibility index (Phi) is 5.01. The summed E-state index contributed by atoms with van der Waals surface area (Å²) in [4.78, 5) is 12.9. The fraction of sp³-hybridized carbons (Fsp3) is 0.125. The summed E-state index contributed by atoms with van der Waals surface area (Å²) in [5.74, 6) is -1.32. The number of carbonyl (C=O) groups excluding carboxylic acids is 1. The van der Waals surface area contributed by atoms with Gasteiger partial charge in [-0.1, -0.05) is 23.7 Å². The van der Waals surface area contributed by atoms with Gasteiger partial charge in [0.25, 0.3) is 0 Å². The summed E-state index contributed by atoms with van der Waals surface area (Å²) in [6.45, 7) is 0. The molecule has 2 aromatic rings. The average Bonchev–Trinajstić information content (AvgIpc) is 2.49. The van der Waals surface area contributed by atoms with Crippen LogP contribution in [0.4, 0.5) is 11.4 Å². The van der Waals surface area contributed by atoms with Crippen molar-refractivity contribution in [1.82, 2.24) is 0 Å². The number of nitrogens with zero attached hydrogens (tertiary/aromatic N) is 2. The van der Waals surface area contributed by atoms with Gasteiger partial charge in [0.1, 0.15) is 0 Å². The molecule has 0 saturated carbocycles. The molecule has 2 rings (SSSR count). The molecule has 114 valence electrons. The monoisotopic (exact) mass is 316 g/mol. The molecular weight excluding hydrogens is 302 g/mol. The summed E-state index contributed by atoms with van der Waals surface area (Å²) in [5, 5.41) is 15.1. The second-order valence-electron chi connectivity index (χ2n) is 4.84. The van der Waals surface area contributed by atoms with Gasteiger partial charge in [-0.2, -0.15) is 5.10 Å². The van der Waals surface area contributed by atoms with Crippen LogP contribution in [0, 0.1) is 0 Å². The first-order valence-corrected chi connectivity index (χ1v) is 6.92. The van der Waals surface area contributed by atoms with Crippen LogP contribution >= 0.6 is 11.6 Å². The molecule has 0 amide bonds. The van der Waals surface area contributed by atoms with E-state index in [0.29, 0.717) is 5.69 Å². The van der Waals surface area contributed by atoms with E-state index in [2.05, 4.69) is 10.5 Å². The first kappa shape index (κ1) is 15.9. The van der Waals surface area contributed by atoms with E-state index in [1.807, 2.05) is 43.3 Å². The topological polar surface area (TPSA) is 67.8 Å². The van der Waals surface area contributed by atoms with Crippen molar-refractivity contribution in [2.75, 3.05) is 24.4 Å². The lowest BCUT2D eigenvalue weighted by Crippen LogP contribution is -2.22. The SMILES string of the molecule is CN(C)c1ccc(/C=N\Nc2ccc(Cl)c(C(=O)[O-])c2)cc1. The molecule has 0 unspecified atom stereocenters. The van der Waals surface area contributed by atoms with E-state index in [9.17, 15) is 9.90 Å². The highest BCUT2D eigenvalue weighted by Gasteiger charge is 2.02. The molecule has 0 aliphatic heterocycles. The summed E-state index contributed by atoms with van der Waals surface area (Å²) in [5.41, 5.74) is 5.23. The third-order valence-electron chi connectivity index (χ3n) is 3.00. The number of nitrogens with one attached hydrogen (secondary N) is 1. The van der Waals surface area contributed by atoms with Crippen LogP contribution in [0.5, 0.6) is 0 Å². The quantitative estimate of drug-likeness (QED) is 0.678. The van der Waals surface area contributed by atoms with Crippen LogP contribution in [0.3, 0.4) is 0 Å². The van der Waals surface area contributed by atoms with E-state index in [-0.39, 0.29) is 10.6 Å². The first-order chi connectivity index (χ1) is 10.5. The second kappa shape index (κ2) is 6.95. The third kappa shape index (κ3) is 3.99. The number of carboxylic acids is 1. The van der Waals surface area contributed by atoms with Crippen LogP contribution in [0.25, 0.3) is 0 Å². The molecule has 5 nitrogen and oxygen atoms in total. The molecule has 6 heteroatoms. The highest BCUT2D eigenvalue weighted by molar-refractivity contribution is 6.33. The molecule has 1 N–H and O–H groups in total. The molecule has 0 saturated heterocycles. The highest BCUT2D eigenvalue weighted by Crippen LogP contribution is 2.20. The Bertz CT molecular complexity index is 697. The van der Waals surface area contributed by atoms with Crippen LogP contribution in [0.15, 0.2) is 47.6 Å². The number of hydrogen-bond acceptors (Lipinski definition) is 5.